The van der Waals surface area contributed by atoms with E-state index in [4.69, 9.17) is 5.73 Å². The highest BCUT2D eigenvalue weighted by molar-refractivity contribution is 5.84. The van der Waals surface area contributed by atoms with Crippen molar-refractivity contribution in [3.8, 4) is 0 Å². The van der Waals surface area contributed by atoms with Crippen LogP contribution in [0.15, 0.2) is 0 Å². The number of likely N-dealkylation sites (tertiary alicyclic amines) is 1. The van der Waals surface area contributed by atoms with Crippen LogP contribution in [-0.2, 0) is 4.79 Å². The lowest BCUT2D eigenvalue weighted by Crippen LogP contribution is -2.48. The maximum atomic E-state index is 12.6. The fraction of sp³-hybridized carbons (Fsp3) is 0.923. The molecule has 0 spiro atoms. The first kappa shape index (κ1) is 11.9. The van der Waals surface area contributed by atoms with Gasteiger partial charge in [-0.1, -0.05) is 19.8 Å². The summed E-state index contributed by atoms with van der Waals surface area (Å²) in [7, 11) is 0. The third kappa shape index (κ3) is 1.86. The van der Waals surface area contributed by atoms with Crippen LogP contribution in [0.3, 0.4) is 0 Å². The highest BCUT2D eigenvalue weighted by Gasteiger charge is 2.45. The second kappa shape index (κ2) is 4.36. The summed E-state index contributed by atoms with van der Waals surface area (Å²) < 4.78 is 0. The summed E-state index contributed by atoms with van der Waals surface area (Å²) in [6.07, 6.45) is 5.48. The van der Waals surface area contributed by atoms with E-state index in [2.05, 4.69) is 18.7 Å². The van der Waals surface area contributed by atoms with Crippen molar-refractivity contribution >= 4 is 5.91 Å². The number of hydrogen-bond donors (Lipinski definition) is 1. The molecule has 3 heteroatoms. The molecule has 2 N–H and O–H groups in total. The van der Waals surface area contributed by atoms with Gasteiger partial charge >= 0.3 is 0 Å². The molecule has 16 heavy (non-hydrogen) atoms. The van der Waals surface area contributed by atoms with Crippen molar-refractivity contribution < 1.29 is 4.79 Å². The van der Waals surface area contributed by atoms with E-state index in [9.17, 15) is 4.79 Å². The highest BCUT2D eigenvalue weighted by atomic mass is 16.2. The van der Waals surface area contributed by atoms with Gasteiger partial charge in [0.15, 0.2) is 0 Å². The molecule has 0 aromatic heterocycles. The fourth-order valence-corrected chi connectivity index (χ4v) is 3.44. The van der Waals surface area contributed by atoms with Crippen LogP contribution in [0.5, 0.6) is 0 Å². The Kier molecular flexibility index (Phi) is 3.24. The number of carbonyl (C=O) groups is 1. The first-order valence-electron chi connectivity index (χ1n) is 6.60. The lowest BCUT2D eigenvalue weighted by molar-refractivity contribution is -0.142. The molecule has 2 atom stereocenters. The molecule has 92 valence electrons. The number of amides is 1. The van der Waals surface area contributed by atoms with Crippen molar-refractivity contribution in [3.05, 3.63) is 0 Å². The minimum absolute atomic E-state index is 0.210. The average Bonchev–Trinajstić information content (AvgIpc) is 2.85. The zero-order valence-electron chi connectivity index (χ0n) is 10.5. The van der Waals surface area contributed by atoms with E-state index < -0.39 is 0 Å². The van der Waals surface area contributed by atoms with Crippen LogP contribution in [0.25, 0.3) is 0 Å². The Hall–Kier alpha value is -0.570. The molecule has 3 nitrogen and oxygen atoms in total. The van der Waals surface area contributed by atoms with Gasteiger partial charge in [-0.25, -0.2) is 0 Å². The lowest BCUT2D eigenvalue weighted by atomic mass is 9.84. The van der Waals surface area contributed by atoms with Gasteiger partial charge in [0.25, 0.3) is 0 Å². The van der Waals surface area contributed by atoms with Gasteiger partial charge in [0.05, 0.1) is 5.41 Å². The predicted octanol–water partition coefficient (Wildman–Crippen LogP) is 1.76. The molecule has 0 aromatic rings. The molecule has 0 bridgehead atoms. The van der Waals surface area contributed by atoms with Crippen molar-refractivity contribution in [1.29, 1.82) is 0 Å². The van der Waals surface area contributed by atoms with Crippen LogP contribution in [0.4, 0.5) is 0 Å². The maximum Gasteiger partial charge on any atom is 0.230 e. The van der Waals surface area contributed by atoms with Gasteiger partial charge in [-0.15, -0.1) is 0 Å². The summed E-state index contributed by atoms with van der Waals surface area (Å²) >= 11 is 0. The van der Waals surface area contributed by atoms with Crippen molar-refractivity contribution in [3.63, 3.8) is 0 Å². The van der Waals surface area contributed by atoms with Gasteiger partial charge in [0.2, 0.25) is 5.91 Å². The van der Waals surface area contributed by atoms with Gasteiger partial charge in [0, 0.05) is 19.1 Å². The standard InChI is InChI=1S/C13H24N2O/c1-10-7-11(2)15(8-10)12(16)13(9-14)5-3-4-6-13/h10-11H,3-9,14H2,1-2H3. The second-order valence-electron chi connectivity index (χ2n) is 5.84. The Morgan fingerprint density at radius 2 is 2.00 bits per heavy atom. The van der Waals surface area contributed by atoms with E-state index in [0.717, 1.165) is 25.8 Å². The molecule has 1 amide bonds. The average molecular weight is 224 g/mol. The smallest absolute Gasteiger partial charge is 0.230 e. The molecule has 1 saturated heterocycles. The summed E-state index contributed by atoms with van der Waals surface area (Å²) in [5.41, 5.74) is 5.66. The molecule has 2 fully saturated rings. The second-order valence-corrected chi connectivity index (χ2v) is 5.84. The van der Waals surface area contributed by atoms with Crippen LogP contribution in [0.1, 0.15) is 46.0 Å². The highest BCUT2D eigenvalue weighted by Crippen LogP contribution is 2.40. The van der Waals surface area contributed by atoms with E-state index in [1.54, 1.807) is 0 Å². The lowest BCUT2D eigenvalue weighted by Gasteiger charge is -2.33. The van der Waals surface area contributed by atoms with E-state index >= 15 is 0 Å². The first-order valence-corrected chi connectivity index (χ1v) is 6.60. The first-order chi connectivity index (χ1) is 7.59. The van der Waals surface area contributed by atoms with E-state index in [0.29, 0.717) is 24.4 Å². The molecule has 2 unspecified atom stereocenters. The van der Waals surface area contributed by atoms with Gasteiger partial charge < -0.3 is 10.6 Å². The molecular weight excluding hydrogens is 200 g/mol. The summed E-state index contributed by atoms with van der Waals surface area (Å²) in [4.78, 5) is 14.7. The quantitative estimate of drug-likeness (QED) is 0.777. The minimum Gasteiger partial charge on any atom is -0.339 e. The Labute approximate surface area is 98.4 Å². The van der Waals surface area contributed by atoms with Gasteiger partial charge in [-0.2, -0.15) is 0 Å². The molecule has 1 aliphatic carbocycles. The van der Waals surface area contributed by atoms with E-state index in [1.165, 1.54) is 12.8 Å². The topological polar surface area (TPSA) is 46.3 Å². The normalized spacial score (nSPS) is 33.3. The molecule has 0 radical (unpaired) electrons. The zero-order valence-corrected chi connectivity index (χ0v) is 10.5. The van der Waals surface area contributed by atoms with E-state index in [-0.39, 0.29) is 5.41 Å². The van der Waals surface area contributed by atoms with Crippen molar-refractivity contribution in [2.75, 3.05) is 13.1 Å². The fourth-order valence-electron chi connectivity index (χ4n) is 3.44. The zero-order chi connectivity index (χ0) is 11.8. The largest absolute Gasteiger partial charge is 0.339 e. The number of rotatable bonds is 2. The van der Waals surface area contributed by atoms with Crippen LogP contribution in [-0.4, -0.2) is 29.9 Å². The van der Waals surface area contributed by atoms with Crippen LogP contribution in [0.2, 0.25) is 0 Å². The van der Waals surface area contributed by atoms with Gasteiger partial charge in [0.1, 0.15) is 0 Å². The monoisotopic (exact) mass is 224 g/mol. The third-order valence-electron chi connectivity index (χ3n) is 4.45. The number of carbonyl (C=O) groups excluding carboxylic acids is 1. The van der Waals surface area contributed by atoms with Crippen molar-refractivity contribution in [2.45, 2.75) is 52.0 Å². The van der Waals surface area contributed by atoms with E-state index in [1.807, 2.05) is 0 Å². The summed E-state index contributed by atoms with van der Waals surface area (Å²) in [5.74, 6) is 0.986. The molecule has 1 aliphatic heterocycles. The van der Waals surface area contributed by atoms with Crippen LogP contribution >= 0.6 is 0 Å². The third-order valence-corrected chi connectivity index (χ3v) is 4.45. The Morgan fingerprint density at radius 3 is 2.44 bits per heavy atom. The molecule has 1 heterocycles. The van der Waals surface area contributed by atoms with Crippen molar-refractivity contribution in [2.24, 2.45) is 17.1 Å². The Morgan fingerprint density at radius 1 is 1.38 bits per heavy atom. The number of nitrogens with zero attached hydrogens (tertiary/aromatic N) is 1. The van der Waals surface area contributed by atoms with Gasteiger partial charge in [-0.05, 0) is 32.1 Å². The summed E-state index contributed by atoms with van der Waals surface area (Å²) in [5, 5.41) is 0. The van der Waals surface area contributed by atoms with Crippen LogP contribution in [0, 0.1) is 11.3 Å². The molecule has 2 rings (SSSR count). The molecular formula is C13H24N2O. The Balaban J connectivity index is 2.11. The molecule has 2 aliphatic rings. The minimum atomic E-state index is -0.210. The molecule has 1 saturated carbocycles. The van der Waals surface area contributed by atoms with Gasteiger partial charge in [-0.3, -0.25) is 4.79 Å². The molecule has 0 aromatic carbocycles. The number of hydrogen-bond acceptors (Lipinski definition) is 2. The van der Waals surface area contributed by atoms with Crippen molar-refractivity contribution in [1.82, 2.24) is 4.90 Å². The summed E-state index contributed by atoms with van der Waals surface area (Å²) in [6, 6.07) is 0.409. The Bertz CT molecular complexity index is 271. The van der Waals surface area contributed by atoms with Crippen LogP contribution < -0.4 is 5.73 Å². The SMILES string of the molecule is CC1CC(C)N(C(=O)C2(CN)CCCC2)C1. The summed E-state index contributed by atoms with van der Waals surface area (Å²) in [6.45, 7) is 5.86. The predicted molar refractivity (Wildman–Crippen MR) is 64.9 cm³/mol. The maximum absolute atomic E-state index is 12.6. The number of nitrogens with two attached hydrogens (primary N) is 1.